The lowest BCUT2D eigenvalue weighted by Crippen LogP contribution is -1.99. The fourth-order valence-corrected chi connectivity index (χ4v) is 2.66. The third-order valence-corrected chi connectivity index (χ3v) is 3.99. The van der Waals surface area contributed by atoms with Crippen LogP contribution in [-0.2, 0) is 4.74 Å². The number of thiazole rings is 1. The Hall–Kier alpha value is -2.61. The summed E-state index contributed by atoms with van der Waals surface area (Å²) in [7, 11) is 4.49. The van der Waals surface area contributed by atoms with Gasteiger partial charge < -0.3 is 14.2 Å². The number of aromatic nitrogens is 1. The molecule has 0 spiro atoms. The standard InChI is InChI=1S/C15H17N3O4S/c1-9-13(14(19)22-4)23-15(17-9)18-16-8-10-5-6-11(20-2)12(7-10)21-3/h5-8H,1-4H3,(H,17,18)/b16-8+. The number of nitrogens with zero attached hydrogens (tertiary/aromatic N) is 2. The highest BCUT2D eigenvalue weighted by molar-refractivity contribution is 7.17. The summed E-state index contributed by atoms with van der Waals surface area (Å²) in [6.45, 7) is 1.74. The molecule has 2 rings (SSSR count). The molecule has 0 aliphatic heterocycles. The van der Waals surface area contributed by atoms with Crippen LogP contribution in [0.25, 0.3) is 0 Å². The van der Waals surface area contributed by atoms with E-state index >= 15 is 0 Å². The molecule has 0 fully saturated rings. The zero-order valence-corrected chi connectivity index (χ0v) is 14.1. The Bertz CT molecular complexity index is 728. The third-order valence-electron chi connectivity index (χ3n) is 2.95. The average molecular weight is 335 g/mol. The quantitative estimate of drug-likeness (QED) is 0.496. The second-order valence-electron chi connectivity index (χ2n) is 4.41. The molecule has 23 heavy (non-hydrogen) atoms. The first kappa shape index (κ1) is 16.8. The van der Waals surface area contributed by atoms with Gasteiger partial charge >= 0.3 is 5.97 Å². The second kappa shape index (κ2) is 7.59. The van der Waals surface area contributed by atoms with E-state index in [4.69, 9.17) is 14.2 Å². The van der Waals surface area contributed by atoms with Crippen LogP contribution in [-0.4, -0.2) is 38.5 Å². The number of rotatable bonds is 6. The number of methoxy groups -OCH3 is 3. The summed E-state index contributed by atoms with van der Waals surface area (Å²) >= 11 is 1.19. The van der Waals surface area contributed by atoms with Crippen molar-refractivity contribution in [2.75, 3.05) is 26.8 Å². The monoisotopic (exact) mass is 335 g/mol. The molecule has 0 aliphatic carbocycles. The van der Waals surface area contributed by atoms with Gasteiger partial charge in [-0.1, -0.05) is 11.3 Å². The second-order valence-corrected chi connectivity index (χ2v) is 5.41. The predicted octanol–water partition coefficient (Wildman–Crippen LogP) is 2.70. The molecule has 0 unspecified atom stereocenters. The van der Waals surface area contributed by atoms with Crippen molar-refractivity contribution in [3.8, 4) is 11.5 Å². The summed E-state index contributed by atoms with van der Waals surface area (Å²) < 4.78 is 15.1. The zero-order valence-electron chi connectivity index (χ0n) is 13.2. The van der Waals surface area contributed by atoms with Gasteiger partial charge in [-0.15, -0.1) is 0 Å². The number of esters is 1. The van der Waals surface area contributed by atoms with Gasteiger partial charge in [-0.3, -0.25) is 5.43 Å². The Labute approximate surface area is 137 Å². The molecule has 0 bridgehead atoms. The van der Waals surface area contributed by atoms with Gasteiger partial charge in [0, 0.05) is 0 Å². The predicted molar refractivity (Wildman–Crippen MR) is 89.0 cm³/mol. The Morgan fingerprint density at radius 1 is 1.26 bits per heavy atom. The molecule has 1 N–H and O–H groups in total. The highest BCUT2D eigenvalue weighted by Crippen LogP contribution is 2.27. The lowest BCUT2D eigenvalue weighted by Gasteiger charge is -2.07. The number of hydrazone groups is 1. The Morgan fingerprint density at radius 2 is 2.00 bits per heavy atom. The number of benzene rings is 1. The maximum Gasteiger partial charge on any atom is 0.350 e. The van der Waals surface area contributed by atoms with Crippen LogP contribution in [0.4, 0.5) is 5.13 Å². The maximum atomic E-state index is 11.5. The van der Waals surface area contributed by atoms with Crippen molar-refractivity contribution in [2.24, 2.45) is 5.10 Å². The van der Waals surface area contributed by atoms with Gasteiger partial charge in [0.25, 0.3) is 0 Å². The molecule has 8 heteroatoms. The van der Waals surface area contributed by atoms with E-state index in [0.717, 1.165) is 5.56 Å². The van der Waals surface area contributed by atoms with Crippen LogP contribution in [0.5, 0.6) is 11.5 Å². The van der Waals surface area contributed by atoms with Crippen molar-refractivity contribution in [1.82, 2.24) is 4.98 Å². The van der Waals surface area contributed by atoms with Gasteiger partial charge in [0.05, 0.1) is 33.2 Å². The van der Waals surface area contributed by atoms with Gasteiger partial charge in [0.1, 0.15) is 4.88 Å². The van der Waals surface area contributed by atoms with E-state index in [1.807, 2.05) is 6.07 Å². The van der Waals surface area contributed by atoms with Crippen LogP contribution in [0, 0.1) is 6.92 Å². The number of nitrogens with one attached hydrogen (secondary N) is 1. The van der Waals surface area contributed by atoms with E-state index in [-0.39, 0.29) is 0 Å². The Morgan fingerprint density at radius 3 is 2.65 bits per heavy atom. The highest BCUT2D eigenvalue weighted by atomic mass is 32.1. The van der Waals surface area contributed by atoms with Crippen LogP contribution in [0.2, 0.25) is 0 Å². The molecular weight excluding hydrogens is 318 g/mol. The first-order valence-corrected chi connectivity index (χ1v) is 7.47. The molecule has 0 aliphatic rings. The van der Waals surface area contributed by atoms with Crippen LogP contribution < -0.4 is 14.9 Å². The van der Waals surface area contributed by atoms with Crippen molar-refractivity contribution in [3.63, 3.8) is 0 Å². The van der Waals surface area contributed by atoms with E-state index in [0.29, 0.717) is 27.2 Å². The number of anilines is 1. The van der Waals surface area contributed by atoms with Crippen LogP contribution in [0.15, 0.2) is 23.3 Å². The minimum atomic E-state index is -0.406. The molecule has 1 heterocycles. The smallest absolute Gasteiger partial charge is 0.350 e. The largest absolute Gasteiger partial charge is 0.493 e. The molecule has 1 aromatic carbocycles. The van der Waals surface area contributed by atoms with Crippen molar-refractivity contribution in [1.29, 1.82) is 0 Å². The first-order chi connectivity index (χ1) is 11.1. The molecule has 0 saturated heterocycles. The number of ether oxygens (including phenoxy) is 3. The fraction of sp³-hybridized carbons (Fsp3) is 0.267. The SMILES string of the molecule is COC(=O)c1sc(N/N=C/c2ccc(OC)c(OC)c2)nc1C. The van der Waals surface area contributed by atoms with Crippen LogP contribution in [0.3, 0.4) is 0 Å². The van der Waals surface area contributed by atoms with Gasteiger partial charge in [0.2, 0.25) is 5.13 Å². The summed E-state index contributed by atoms with van der Waals surface area (Å²) in [6, 6.07) is 5.44. The fourth-order valence-electron chi connectivity index (χ4n) is 1.82. The van der Waals surface area contributed by atoms with E-state index in [1.54, 1.807) is 39.5 Å². The van der Waals surface area contributed by atoms with E-state index < -0.39 is 5.97 Å². The molecule has 0 radical (unpaired) electrons. The first-order valence-electron chi connectivity index (χ1n) is 6.66. The van der Waals surface area contributed by atoms with Crippen LogP contribution >= 0.6 is 11.3 Å². The summed E-state index contributed by atoms with van der Waals surface area (Å²) in [5.74, 6) is 0.863. The Kier molecular flexibility index (Phi) is 5.53. The lowest BCUT2D eigenvalue weighted by molar-refractivity contribution is 0.0605. The number of carbonyl (C=O) groups is 1. The minimum absolute atomic E-state index is 0.406. The van der Waals surface area contributed by atoms with Gasteiger partial charge in [-0.25, -0.2) is 9.78 Å². The molecule has 2 aromatic rings. The molecule has 1 aromatic heterocycles. The number of aryl methyl sites for hydroxylation is 1. The van der Waals surface area contributed by atoms with E-state index in [1.165, 1.54) is 18.4 Å². The summed E-state index contributed by atoms with van der Waals surface area (Å²) in [4.78, 5) is 16.2. The summed E-state index contributed by atoms with van der Waals surface area (Å²) in [5, 5.41) is 4.62. The van der Waals surface area contributed by atoms with Gasteiger partial charge in [0.15, 0.2) is 11.5 Å². The van der Waals surface area contributed by atoms with Gasteiger partial charge in [-0.2, -0.15) is 5.10 Å². The third kappa shape index (κ3) is 3.98. The topological polar surface area (TPSA) is 82.0 Å². The normalized spacial score (nSPS) is 10.6. The Balaban J connectivity index is 2.09. The number of hydrogen-bond acceptors (Lipinski definition) is 8. The lowest BCUT2D eigenvalue weighted by atomic mass is 10.2. The van der Waals surface area contributed by atoms with E-state index in [2.05, 4.69) is 15.5 Å². The molecule has 0 saturated carbocycles. The van der Waals surface area contributed by atoms with Crippen molar-refractivity contribution in [3.05, 3.63) is 34.3 Å². The highest BCUT2D eigenvalue weighted by Gasteiger charge is 2.15. The molecule has 0 atom stereocenters. The minimum Gasteiger partial charge on any atom is -0.493 e. The van der Waals surface area contributed by atoms with Crippen molar-refractivity contribution in [2.45, 2.75) is 6.92 Å². The van der Waals surface area contributed by atoms with Gasteiger partial charge in [-0.05, 0) is 30.7 Å². The molecular formula is C15H17N3O4S. The molecule has 7 nitrogen and oxygen atoms in total. The molecule has 122 valence electrons. The molecule has 0 amide bonds. The van der Waals surface area contributed by atoms with Crippen LogP contribution in [0.1, 0.15) is 20.9 Å². The van der Waals surface area contributed by atoms with Crippen molar-refractivity contribution < 1.29 is 19.0 Å². The average Bonchev–Trinajstić information content (AvgIpc) is 2.94. The maximum absolute atomic E-state index is 11.5. The van der Waals surface area contributed by atoms with Crippen molar-refractivity contribution >= 4 is 28.7 Å². The van der Waals surface area contributed by atoms with E-state index in [9.17, 15) is 4.79 Å². The zero-order chi connectivity index (χ0) is 16.8. The number of hydrogen-bond donors (Lipinski definition) is 1. The number of carbonyl (C=O) groups excluding carboxylic acids is 1. The summed E-state index contributed by atoms with van der Waals surface area (Å²) in [5.41, 5.74) is 4.23. The summed E-state index contributed by atoms with van der Waals surface area (Å²) in [6.07, 6.45) is 1.62.